The molecule has 2 heterocycles. The zero-order chi connectivity index (χ0) is 13.9. The van der Waals surface area contributed by atoms with Crippen molar-refractivity contribution in [2.75, 3.05) is 13.1 Å². The Balaban J connectivity index is 1.57. The Kier molecular flexibility index (Phi) is 3.63. The van der Waals surface area contributed by atoms with E-state index in [0.717, 1.165) is 25.8 Å². The lowest BCUT2D eigenvalue weighted by molar-refractivity contribution is 0.122. The van der Waals surface area contributed by atoms with Crippen molar-refractivity contribution in [3.05, 3.63) is 36.5 Å². The van der Waals surface area contributed by atoms with Gasteiger partial charge in [-0.25, -0.2) is 4.79 Å². The molecule has 106 valence electrons. The van der Waals surface area contributed by atoms with Gasteiger partial charge < -0.3 is 14.6 Å². The van der Waals surface area contributed by atoms with Crippen molar-refractivity contribution in [1.29, 1.82) is 0 Å². The molecule has 1 aromatic heterocycles. The third-order valence-corrected chi connectivity index (χ3v) is 4.34. The summed E-state index contributed by atoms with van der Waals surface area (Å²) in [5.41, 5.74) is 1.29. The summed E-state index contributed by atoms with van der Waals surface area (Å²) in [6.07, 6.45) is 4.49. The van der Waals surface area contributed by atoms with E-state index in [1.807, 2.05) is 0 Å². The zero-order valence-corrected chi connectivity index (χ0v) is 11.5. The number of aromatic nitrogens is 1. The first kappa shape index (κ1) is 13.0. The highest BCUT2D eigenvalue weighted by Gasteiger charge is 2.21. The van der Waals surface area contributed by atoms with Crippen molar-refractivity contribution in [1.82, 2.24) is 9.47 Å². The number of rotatable bonds is 3. The molecule has 0 saturated carbocycles. The predicted octanol–water partition coefficient (Wildman–Crippen LogP) is 3.42. The standard InChI is InChI=1S/C16H20N2O2/c19-16(20)18-10-6-13(7-11-18)5-9-17-12-8-14-3-1-2-4-15(14)17/h1-4,8,12-13H,5-7,9-11H2,(H,19,20). The number of para-hydroxylation sites is 1. The van der Waals surface area contributed by atoms with Gasteiger partial charge in [-0.05, 0) is 42.7 Å². The number of fused-ring (bicyclic) bond motifs is 1. The molecule has 1 aliphatic heterocycles. The molecule has 1 saturated heterocycles. The Hall–Kier alpha value is -1.97. The van der Waals surface area contributed by atoms with Crippen LogP contribution in [-0.2, 0) is 6.54 Å². The van der Waals surface area contributed by atoms with Crippen LogP contribution >= 0.6 is 0 Å². The van der Waals surface area contributed by atoms with Gasteiger partial charge in [-0.3, -0.25) is 0 Å². The largest absolute Gasteiger partial charge is 0.465 e. The molecule has 20 heavy (non-hydrogen) atoms. The van der Waals surface area contributed by atoms with Gasteiger partial charge in [0, 0.05) is 31.3 Å². The predicted molar refractivity (Wildman–Crippen MR) is 78.9 cm³/mol. The van der Waals surface area contributed by atoms with Crippen LogP contribution in [0.25, 0.3) is 10.9 Å². The van der Waals surface area contributed by atoms with Crippen LogP contribution in [-0.4, -0.2) is 33.8 Å². The highest BCUT2D eigenvalue weighted by Crippen LogP contribution is 2.23. The van der Waals surface area contributed by atoms with Crippen LogP contribution < -0.4 is 0 Å². The summed E-state index contributed by atoms with van der Waals surface area (Å²) < 4.78 is 2.30. The number of carbonyl (C=O) groups is 1. The normalized spacial score (nSPS) is 16.7. The molecule has 4 nitrogen and oxygen atoms in total. The topological polar surface area (TPSA) is 45.5 Å². The Morgan fingerprint density at radius 3 is 2.70 bits per heavy atom. The molecule has 3 rings (SSSR count). The van der Waals surface area contributed by atoms with E-state index in [-0.39, 0.29) is 0 Å². The van der Waals surface area contributed by atoms with E-state index < -0.39 is 6.09 Å². The lowest BCUT2D eigenvalue weighted by Crippen LogP contribution is -2.37. The summed E-state index contributed by atoms with van der Waals surface area (Å²) in [6.45, 7) is 2.39. The fraction of sp³-hybridized carbons (Fsp3) is 0.438. The van der Waals surface area contributed by atoms with Crippen LogP contribution in [0.4, 0.5) is 4.79 Å². The molecular formula is C16H20N2O2. The smallest absolute Gasteiger partial charge is 0.407 e. The van der Waals surface area contributed by atoms with Crippen LogP contribution in [0.1, 0.15) is 19.3 Å². The number of likely N-dealkylation sites (tertiary alicyclic amines) is 1. The highest BCUT2D eigenvalue weighted by atomic mass is 16.4. The maximum absolute atomic E-state index is 10.9. The highest BCUT2D eigenvalue weighted by molar-refractivity contribution is 5.79. The summed E-state index contributed by atoms with van der Waals surface area (Å²) >= 11 is 0. The second-order valence-corrected chi connectivity index (χ2v) is 5.57. The van der Waals surface area contributed by atoms with Crippen molar-refractivity contribution < 1.29 is 9.90 Å². The van der Waals surface area contributed by atoms with Crippen LogP contribution in [0, 0.1) is 5.92 Å². The summed E-state index contributed by atoms with van der Waals surface area (Å²) in [7, 11) is 0. The van der Waals surface area contributed by atoms with Gasteiger partial charge >= 0.3 is 6.09 Å². The lowest BCUT2D eigenvalue weighted by atomic mass is 9.94. The first-order valence-corrected chi connectivity index (χ1v) is 7.26. The van der Waals surface area contributed by atoms with Gasteiger partial charge in [0.2, 0.25) is 0 Å². The molecular weight excluding hydrogens is 252 g/mol. The minimum absolute atomic E-state index is 0.645. The molecule has 1 N–H and O–H groups in total. The summed E-state index contributed by atoms with van der Waals surface area (Å²) in [6, 6.07) is 10.6. The molecule has 2 aromatic rings. The lowest BCUT2D eigenvalue weighted by Gasteiger charge is -2.30. The van der Waals surface area contributed by atoms with Gasteiger partial charge in [-0.2, -0.15) is 0 Å². The number of piperidine rings is 1. The quantitative estimate of drug-likeness (QED) is 0.930. The molecule has 1 aliphatic rings. The van der Waals surface area contributed by atoms with E-state index in [1.54, 1.807) is 0 Å². The van der Waals surface area contributed by atoms with E-state index in [0.29, 0.717) is 19.0 Å². The van der Waals surface area contributed by atoms with Crippen LogP contribution in [0.3, 0.4) is 0 Å². The number of hydrogen-bond donors (Lipinski definition) is 1. The van der Waals surface area contributed by atoms with Crippen LogP contribution in [0.15, 0.2) is 36.5 Å². The fourth-order valence-corrected chi connectivity index (χ4v) is 3.07. The van der Waals surface area contributed by atoms with E-state index in [9.17, 15) is 4.79 Å². The molecule has 1 aromatic carbocycles. The first-order valence-electron chi connectivity index (χ1n) is 7.26. The Bertz CT molecular complexity index is 597. The van der Waals surface area contributed by atoms with E-state index in [4.69, 9.17) is 5.11 Å². The van der Waals surface area contributed by atoms with Gasteiger partial charge in [0.15, 0.2) is 0 Å². The van der Waals surface area contributed by atoms with Crippen molar-refractivity contribution in [2.24, 2.45) is 5.92 Å². The number of aryl methyl sites for hydroxylation is 1. The van der Waals surface area contributed by atoms with E-state index >= 15 is 0 Å². The van der Waals surface area contributed by atoms with Gasteiger partial charge in [0.05, 0.1) is 0 Å². The van der Waals surface area contributed by atoms with Gasteiger partial charge in [-0.15, -0.1) is 0 Å². The third kappa shape index (κ3) is 2.64. The molecule has 1 fully saturated rings. The van der Waals surface area contributed by atoms with E-state index in [2.05, 4.69) is 41.1 Å². The Morgan fingerprint density at radius 2 is 1.95 bits per heavy atom. The molecule has 0 aliphatic carbocycles. The van der Waals surface area contributed by atoms with Gasteiger partial charge in [-0.1, -0.05) is 18.2 Å². The number of amides is 1. The number of carboxylic acid groups (broad SMARTS) is 1. The van der Waals surface area contributed by atoms with Crippen LogP contribution in [0.2, 0.25) is 0 Å². The maximum Gasteiger partial charge on any atom is 0.407 e. The molecule has 0 atom stereocenters. The summed E-state index contributed by atoms with van der Waals surface area (Å²) in [5.74, 6) is 0.645. The molecule has 1 amide bonds. The molecule has 0 spiro atoms. The second kappa shape index (κ2) is 5.57. The minimum atomic E-state index is -0.778. The third-order valence-electron chi connectivity index (χ3n) is 4.34. The minimum Gasteiger partial charge on any atom is -0.465 e. The molecule has 0 radical (unpaired) electrons. The van der Waals surface area contributed by atoms with Crippen molar-refractivity contribution >= 4 is 17.0 Å². The molecule has 4 heteroatoms. The molecule has 0 unspecified atom stereocenters. The zero-order valence-electron chi connectivity index (χ0n) is 11.5. The molecule has 0 bridgehead atoms. The van der Waals surface area contributed by atoms with Gasteiger partial charge in [0.1, 0.15) is 0 Å². The monoisotopic (exact) mass is 272 g/mol. The summed E-state index contributed by atoms with van der Waals surface area (Å²) in [5, 5.41) is 10.2. The van der Waals surface area contributed by atoms with Crippen molar-refractivity contribution in [3.8, 4) is 0 Å². The van der Waals surface area contributed by atoms with Crippen molar-refractivity contribution in [3.63, 3.8) is 0 Å². The fourth-order valence-electron chi connectivity index (χ4n) is 3.07. The average molecular weight is 272 g/mol. The van der Waals surface area contributed by atoms with Crippen LogP contribution in [0.5, 0.6) is 0 Å². The maximum atomic E-state index is 10.9. The Morgan fingerprint density at radius 1 is 1.20 bits per heavy atom. The Labute approximate surface area is 118 Å². The number of benzene rings is 1. The second-order valence-electron chi connectivity index (χ2n) is 5.57. The number of hydrogen-bond acceptors (Lipinski definition) is 1. The van der Waals surface area contributed by atoms with Crippen molar-refractivity contribution in [2.45, 2.75) is 25.8 Å². The average Bonchev–Trinajstić information content (AvgIpc) is 2.89. The summed E-state index contributed by atoms with van der Waals surface area (Å²) in [4.78, 5) is 12.4. The number of nitrogens with zero attached hydrogens (tertiary/aromatic N) is 2. The van der Waals surface area contributed by atoms with E-state index in [1.165, 1.54) is 15.8 Å². The first-order chi connectivity index (χ1) is 9.74. The SMILES string of the molecule is O=C(O)N1CCC(CCn2ccc3ccccc32)CC1. The van der Waals surface area contributed by atoms with Gasteiger partial charge in [0.25, 0.3) is 0 Å².